The van der Waals surface area contributed by atoms with Crippen molar-refractivity contribution >= 4 is 11.8 Å². The summed E-state index contributed by atoms with van der Waals surface area (Å²) >= 11 is 1.96. The summed E-state index contributed by atoms with van der Waals surface area (Å²) in [4.78, 5) is 1.39. The predicted octanol–water partition coefficient (Wildman–Crippen LogP) is 4.11. The minimum atomic E-state index is 0.630. The monoisotopic (exact) mass is 251 g/mol. The zero-order valence-corrected chi connectivity index (χ0v) is 12.3. The molecule has 1 aromatic rings. The number of benzene rings is 1. The molecule has 0 aliphatic rings. The van der Waals surface area contributed by atoms with Gasteiger partial charge in [0.05, 0.1) is 0 Å². The van der Waals surface area contributed by atoms with Gasteiger partial charge in [0.1, 0.15) is 0 Å². The molecule has 0 bridgehead atoms. The summed E-state index contributed by atoms with van der Waals surface area (Å²) < 4.78 is 0. The van der Waals surface area contributed by atoms with E-state index in [-0.39, 0.29) is 0 Å². The summed E-state index contributed by atoms with van der Waals surface area (Å²) in [5.41, 5.74) is 1.35. The number of aryl methyl sites for hydroxylation is 1. The highest BCUT2D eigenvalue weighted by atomic mass is 32.2. The number of thioether (sulfide) groups is 1. The first kappa shape index (κ1) is 14.6. The van der Waals surface area contributed by atoms with Crippen molar-refractivity contribution in [3.63, 3.8) is 0 Å². The van der Waals surface area contributed by atoms with Gasteiger partial charge in [0, 0.05) is 16.7 Å². The van der Waals surface area contributed by atoms with Crippen molar-refractivity contribution in [3.8, 4) is 0 Å². The van der Waals surface area contributed by atoms with Crippen molar-refractivity contribution in [2.24, 2.45) is 5.92 Å². The summed E-state index contributed by atoms with van der Waals surface area (Å²) in [6.45, 7) is 9.99. The summed E-state index contributed by atoms with van der Waals surface area (Å²) in [7, 11) is 0. The molecule has 1 atom stereocenters. The lowest BCUT2D eigenvalue weighted by molar-refractivity contribution is 0.456. The van der Waals surface area contributed by atoms with Crippen molar-refractivity contribution in [2.45, 2.75) is 45.1 Å². The average molecular weight is 251 g/mol. The molecule has 0 fully saturated rings. The molecule has 1 unspecified atom stereocenters. The Morgan fingerprint density at radius 2 is 2.06 bits per heavy atom. The van der Waals surface area contributed by atoms with Gasteiger partial charge in [-0.25, -0.2) is 0 Å². The van der Waals surface area contributed by atoms with Crippen LogP contribution in [0.4, 0.5) is 0 Å². The van der Waals surface area contributed by atoms with Crippen LogP contribution >= 0.6 is 11.8 Å². The van der Waals surface area contributed by atoms with Crippen LogP contribution in [0.5, 0.6) is 0 Å². The Hall–Kier alpha value is -0.470. The molecule has 1 aromatic carbocycles. The standard InChI is InChI=1S/C15H25NS/c1-5-16-14(9-12(2)3)11-17-15-8-6-7-13(4)10-15/h6-8,10,12,14,16H,5,9,11H2,1-4H3. The molecule has 0 spiro atoms. The topological polar surface area (TPSA) is 12.0 Å². The Kier molecular flexibility index (Phi) is 6.68. The first-order valence-electron chi connectivity index (χ1n) is 6.54. The fourth-order valence-electron chi connectivity index (χ4n) is 1.97. The molecule has 0 saturated carbocycles. The Morgan fingerprint density at radius 1 is 1.29 bits per heavy atom. The molecule has 0 heterocycles. The van der Waals surface area contributed by atoms with Gasteiger partial charge in [-0.3, -0.25) is 0 Å². The second-order valence-electron chi connectivity index (χ2n) is 5.01. The highest BCUT2D eigenvalue weighted by Gasteiger charge is 2.10. The Morgan fingerprint density at radius 3 is 2.65 bits per heavy atom. The van der Waals surface area contributed by atoms with Gasteiger partial charge in [-0.2, -0.15) is 0 Å². The Balaban J connectivity index is 2.45. The third-order valence-electron chi connectivity index (χ3n) is 2.69. The van der Waals surface area contributed by atoms with Gasteiger partial charge in [0.25, 0.3) is 0 Å². The largest absolute Gasteiger partial charge is 0.313 e. The number of nitrogens with one attached hydrogen (secondary N) is 1. The van der Waals surface area contributed by atoms with Gasteiger partial charge in [-0.05, 0) is 37.9 Å². The molecule has 1 nitrogen and oxygen atoms in total. The number of hydrogen-bond donors (Lipinski definition) is 1. The van der Waals surface area contributed by atoms with E-state index in [1.165, 1.54) is 16.9 Å². The van der Waals surface area contributed by atoms with Gasteiger partial charge in [0.15, 0.2) is 0 Å². The van der Waals surface area contributed by atoms with Crippen LogP contribution in [0.1, 0.15) is 32.8 Å². The van der Waals surface area contributed by atoms with Crippen molar-refractivity contribution < 1.29 is 0 Å². The van der Waals surface area contributed by atoms with Gasteiger partial charge in [0.2, 0.25) is 0 Å². The molecule has 0 amide bonds. The first-order chi connectivity index (χ1) is 8.11. The van der Waals surface area contributed by atoms with Crippen LogP contribution in [0.3, 0.4) is 0 Å². The zero-order valence-electron chi connectivity index (χ0n) is 11.5. The molecule has 1 rings (SSSR count). The maximum Gasteiger partial charge on any atom is 0.0164 e. The maximum atomic E-state index is 3.58. The summed E-state index contributed by atoms with van der Waals surface area (Å²) in [5.74, 6) is 1.92. The average Bonchev–Trinajstić information content (AvgIpc) is 2.26. The number of rotatable bonds is 7. The predicted molar refractivity (Wildman–Crippen MR) is 78.8 cm³/mol. The summed E-state index contributed by atoms with van der Waals surface area (Å²) in [5, 5.41) is 3.58. The fourth-order valence-corrected chi connectivity index (χ4v) is 3.06. The van der Waals surface area contributed by atoms with Gasteiger partial charge in [-0.1, -0.05) is 38.5 Å². The molecule has 96 valence electrons. The van der Waals surface area contributed by atoms with E-state index in [1.807, 2.05) is 11.8 Å². The fraction of sp³-hybridized carbons (Fsp3) is 0.600. The molecule has 17 heavy (non-hydrogen) atoms. The van der Waals surface area contributed by atoms with E-state index < -0.39 is 0 Å². The Bertz CT molecular complexity index is 322. The molecular weight excluding hydrogens is 226 g/mol. The van der Waals surface area contributed by atoms with Crippen molar-refractivity contribution in [1.82, 2.24) is 5.32 Å². The van der Waals surface area contributed by atoms with E-state index in [1.54, 1.807) is 0 Å². The van der Waals surface area contributed by atoms with Crippen molar-refractivity contribution in [1.29, 1.82) is 0 Å². The lowest BCUT2D eigenvalue weighted by Gasteiger charge is -2.19. The van der Waals surface area contributed by atoms with E-state index >= 15 is 0 Å². The molecule has 0 radical (unpaired) electrons. The second-order valence-corrected chi connectivity index (χ2v) is 6.11. The number of hydrogen-bond acceptors (Lipinski definition) is 2. The molecule has 1 N–H and O–H groups in total. The molecule has 0 aliphatic heterocycles. The zero-order chi connectivity index (χ0) is 12.7. The quantitative estimate of drug-likeness (QED) is 0.732. The lowest BCUT2D eigenvalue weighted by atomic mass is 10.1. The molecule has 0 aromatic heterocycles. The lowest BCUT2D eigenvalue weighted by Crippen LogP contribution is -2.32. The van der Waals surface area contributed by atoms with Crippen LogP contribution in [0.2, 0.25) is 0 Å². The van der Waals surface area contributed by atoms with Gasteiger partial charge in [-0.15, -0.1) is 11.8 Å². The van der Waals surface area contributed by atoms with Crippen molar-refractivity contribution in [2.75, 3.05) is 12.3 Å². The van der Waals surface area contributed by atoms with E-state index in [0.29, 0.717) is 6.04 Å². The second kappa shape index (κ2) is 7.78. The molecule has 0 aliphatic carbocycles. The third-order valence-corrected chi connectivity index (χ3v) is 3.85. The van der Waals surface area contributed by atoms with Crippen LogP contribution in [0, 0.1) is 12.8 Å². The smallest absolute Gasteiger partial charge is 0.0164 e. The van der Waals surface area contributed by atoms with E-state index in [2.05, 4.69) is 57.3 Å². The van der Waals surface area contributed by atoms with E-state index in [9.17, 15) is 0 Å². The van der Waals surface area contributed by atoms with E-state index in [4.69, 9.17) is 0 Å². The summed E-state index contributed by atoms with van der Waals surface area (Å²) in [6, 6.07) is 9.40. The SMILES string of the molecule is CCNC(CSc1cccc(C)c1)CC(C)C. The molecule has 0 saturated heterocycles. The Labute approximate surface area is 110 Å². The maximum absolute atomic E-state index is 3.58. The molecule has 2 heteroatoms. The van der Waals surface area contributed by atoms with Crippen LogP contribution in [-0.2, 0) is 0 Å². The molecular formula is C15H25NS. The van der Waals surface area contributed by atoms with Gasteiger partial charge < -0.3 is 5.32 Å². The van der Waals surface area contributed by atoms with Crippen LogP contribution in [0.15, 0.2) is 29.2 Å². The summed E-state index contributed by atoms with van der Waals surface area (Å²) in [6.07, 6.45) is 1.26. The van der Waals surface area contributed by atoms with Crippen LogP contribution in [0.25, 0.3) is 0 Å². The minimum absolute atomic E-state index is 0.630. The van der Waals surface area contributed by atoms with E-state index in [0.717, 1.165) is 18.2 Å². The van der Waals surface area contributed by atoms with Gasteiger partial charge >= 0.3 is 0 Å². The first-order valence-corrected chi connectivity index (χ1v) is 7.53. The highest BCUT2D eigenvalue weighted by Crippen LogP contribution is 2.21. The third kappa shape index (κ3) is 6.13. The normalized spacial score (nSPS) is 13.0. The van der Waals surface area contributed by atoms with Crippen LogP contribution in [-0.4, -0.2) is 18.3 Å². The van der Waals surface area contributed by atoms with Crippen LogP contribution < -0.4 is 5.32 Å². The van der Waals surface area contributed by atoms with Crippen molar-refractivity contribution in [3.05, 3.63) is 29.8 Å². The highest BCUT2D eigenvalue weighted by molar-refractivity contribution is 7.99. The minimum Gasteiger partial charge on any atom is -0.313 e.